The van der Waals surface area contributed by atoms with Crippen molar-refractivity contribution in [3.63, 3.8) is 0 Å². The molecule has 1 heterocycles. The Hall–Kier alpha value is -3.31. The average Bonchev–Trinajstić information content (AvgIpc) is 3.23. The Morgan fingerprint density at radius 3 is 2.00 bits per heavy atom. The van der Waals surface area contributed by atoms with Crippen molar-refractivity contribution in [3.8, 4) is 22.6 Å². The summed E-state index contributed by atoms with van der Waals surface area (Å²) in [6, 6.07) is 29.5. The molecule has 0 aliphatic carbocycles. The van der Waals surface area contributed by atoms with Gasteiger partial charge in [0, 0.05) is 23.9 Å². The summed E-state index contributed by atoms with van der Waals surface area (Å²) < 4.78 is 6.14. The highest BCUT2D eigenvalue weighted by Crippen LogP contribution is 2.37. The lowest BCUT2D eigenvalue weighted by molar-refractivity contribution is -0.117. The van der Waals surface area contributed by atoms with Gasteiger partial charge in [0.25, 0.3) is 5.22 Å². The Morgan fingerprint density at radius 2 is 1.40 bits per heavy atom. The fourth-order valence-corrected chi connectivity index (χ4v) is 4.02. The van der Waals surface area contributed by atoms with Crippen LogP contribution < -0.4 is 4.90 Å². The first-order valence-electron chi connectivity index (χ1n) is 9.74. The van der Waals surface area contributed by atoms with E-state index in [1.165, 1.54) is 11.8 Å². The molecule has 4 aromatic rings. The highest BCUT2D eigenvalue weighted by atomic mass is 32.2. The number of amides is 1. The van der Waals surface area contributed by atoms with Crippen LogP contribution in [0.5, 0.6) is 0 Å². The molecule has 4 nitrogen and oxygen atoms in total. The number of aromatic nitrogens is 1. The SMILES string of the molecule is C[C@H](Sc1nc(-c2ccccc2)c(-c2ccccc2)o1)C(=O)N(C)c1ccccc1. The van der Waals surface area contributed by atoms with E-state index < -0.39 is 0 Å². The molecular weight excluding hydrogens is 392 g/mol. The van der Waals surface area contributed by atoms with Crippen LogP contribution in [0.2, 0.25) is 0 Å². The van der Waals surface area contributed by atoms with E-state index in [1.807, 2.05) is 97.9 Å². The van der Waals surface area contributed by atoms with Crippen molar-refractivity contribution in [2.45, 2.75) is 17.4 Å². The van der Waals surface area contributed by atoms with Crippen molar-refractivity contribution >= 4 is 23.4 Å². The third kappa shape index (κ3) is 4.31. The van der Waals surface area contributed by atoms with Gasteiger partial charge in [-0.1, -0.05) is 90.6 Å². The van der Waals surface area contributed by atoms with E-state index in [4.69, 9.17) is 9.40 Å². The number of anilines is 1. The summed E-state index contributed by atoms with van der Waals surface area (Å²) in [5, 5.41) is 0.135. The van der Waals surface area contributed by atoms with Crippen molar-refractivity contribution in [2.24, 2.45) is 0 Å². The minimum atomic E-state index is -0.346. The molecule has 0 unspecified atom stereocenters. The molecule has 30 heavy (non-hydrogen) atoms. The molecule has 0 radical (unpaired) electrons. The van der Waals surface area contributed by atoms with Gasteiger partial charge in [-0.2, -0.15) is 0 Å². The summed E-state index contributed by atoms with van der Waals surface area (Å²) in [5.74, 6) is 0.701. The molecule has 3 aromatic carbocycles. The van der Waals surface area contributed by atoms with Gasteiger partial charge in [-0.15, -0.1) is 0 Å². The number of benzene rings is 3. The summed E-state index contributed by atoms with van der Waals surface area (Å²) >= 11 is 1.33. The number of para-hydroxylation sites is 1. The van der Waals surface area contributed by atoms with Crippen molar-refractivity contribution in [3.05, 3.63) is 91.0 Å². The average molecular weight is 415 g/mol. The number of rotatable bonds is 6. The van der Waals surface area contributed by atoms with E-state index in [-0.39, 0.29) is 11.2 Å². The predicted molar refractivity (Wildman–Crippen MR) is 123 cm³/mol. The molecular formula is C25H22N2O2S. The maximum absolute atomic E-state index is 12.9. The molecule has 0 aliphatic heterocycles. The molecule has 5 heteroatoms. The molecule has 0 saturated carbocycles. The zero-order chi connectivity index (χ0) is 20.9. The number of nitrogens with zero attached hydrogens (tertiary/aromatic N) is 2. The maximum atomic E-state index is 12.9. The Balaban J connectivity index is 1.62. The zero-order valence-electron chi connectivity index (χ0n) is 16.9. The van der Waals surface area contributed by atoms with Gasteiger partial charge < -0.3 is 9.32 Å². The van der Waals surface area contributed by atoms with Crippen LogP contribution in [-0.4, -0.2) is 23.2 Å². The van der Waals surface area contributed by atoms with Gasteiger partial charge in [0.05, 0.1) is 5.25 Å². The quantitative estimate of drug-likeness (QED) is 0.355. The molecule has 0 aliphatic rings. The number of oxazole rings is 1. The molecule has 0 spiro atoms. The Bertz CT molecular complexity index is 1050. The first kappa shape index (κ1) is 20.0. The monoisotopic (exact) mass is 414 g/mol. The van der Waals surface area contributed by atoms with Gasteiger partial charge in [-0.3, -0.25) is 4.79 Å². The fraction of sp³-hybridized carbons (Fsp3) is 0.120. The zero-order valence-corrected chi connectivity index (χ0v) is 17.7. The van der Waals surface area contributed by atoms with Gasteiger partial charge in [0.15, 0.2) is 5.76 Å². The first-order valence-corrected chi connectivity index (χ1v) is 10.6. The lowest BCUT2D eigenvalue weighted by atomic mass is 10.1. The van der Waals surface area contributed by atoms with E-state index >= 15 is 0 Å². The minimum absolute atomic E-state index is 0.00748. The van der Waals surface area contributed by atoms with Crippen molar-refractivity contribution in [1.29, 1.82) is 0 Å². The van der Waals surface area contributed by atoms with Gasteiger partial charge in [-0.25, -0.2) is 4.98 Å². The highest BCUT2D eigenvalue weighted by Gasteiger charge is 2.24. The van der Waals surface area contributed by atoms with Gasteiger partial charge in [0.1, 0.15) is 5.69 Å². The number of thioether (sulfide) groups is 1. The summed E-state index contributed by atoms with van der Waals surface area (Å²) in [6.07, 6.45) is 0. The molecule has 0 bridgehead atoms. The van der Waals surface area contributed by atoms with Gasteiger partial charge >= 0.3 is 0 Å². The topological polar surface area (TPSA) is 46.3 Å². The van der Waals surface area contributed by atoms with Crippen LogP contribution in [-0.2, 0) is 4.79 Å². The Labute approximate surface area is 180 Å². The molecule has 0 saturated heterocycles. The van der Waals surface area contributed by atoms with Crippen LogP contribution in [0.4, 0.5) is 5.69 Å². The van der Waals surface area contributed by atoms with Gasteiger partial charge in [-0.05, 0) is 19.1 Å². The van der Waals surface area contributed by atoms with Crippen LogP contribution >= 0.6 is 11.8 Å². The molecule has 1 aromatic heterocycles. The smallest absolute Gasteiger partial charge is 0.257 e. The van der Waals surface area contributed by atoms with E-state index in [2.05, 4.69) is 0 Å². The van der Waals surface area contributed by atoms with Crippen LogP contribution in [0.1, 0.15) is 6.92 Å². The fourth-order valence-electron chi connectivity index (χ4n) is 3.18. The lowest BCUT2D eigenvalue weighted by Gasteiger charge is -2.20. The molecule has 1 amide bonds. The summed E-state index contributed by atoms with van der Waals surface area (Å²) in [4.78, 5) is 19.3. The van der Waals surface area contributed by atoms with Gasteiger partial charge in [0.2, 0.25) is 5.91 Å². The largest absolute Gasteiger partial charge is 0.431 e. The lowest BCUT2D eigenvalue weighted by Crippen LogP contribution is -2.33. The highest BCUT2D eigenvalue weighted by molar-refractivity contribution is 8.00. The summed E-state index contributed by atoms with van der Waals surface area (Å²) in [6.45, 7) is 1.88. The van der Waals surface area contributed by atoms with Crippen molar-refractivity contribution < 1.29 is 9.21 Å². The van der Waals surface area contributed by atoms with Crippen molar-refractivity contribution in [2.75, 3.05) is 11.9 Å². The number of hydrogen-bond acceptors (Lipinski definition) is 4. The Kier molecular flexibility index (Phi) is 6.00. The second-order valence-electron chi connectivity index (χ2n) is 6.88. The van der Waals surface area contributed by atoms with Crippen LogP contribution in [0.3, 0.4) is 0 Å². The third-order valence-corrected chi connectivity index (χ3v) is 5.72. The molecule has 0 fully saturated rings. The van der Waals surface area contributed by atoms with Crippen molar-refractivity contribution in [1.82, 2.24) is 4.98 Å². The number of carbonyl (C=O) groups excluding carboxylic acids is 1. The van der Waals surface area contributed by atoms with E-state index in [9.17, 15) is 4.79 Å². The summed E-state index contributed by atoms with van der Waals surface area (Å²) in [7, 11) is 1.79. The van der Waals surface area contributed by atoms with Crippen LogP contribution in [0, 0.1) is 0 Å². The predicted octanol–water partition coefficient (Wildman–Crippen LogP) is 6.15. The first-order chi connectivity index (χ1) is 14.6. The third-order valence-electron chi connectivity index (χ3n) is 4.79. The minimum Gasteiger partial charge on any atom is -0.431 e. The maximum Gasteiger partial charge on any atom is 0.257 e. The summed E-state index contributed by atoms with van der Waals surface area (Å²) in [5.41, 5.74) is 3.57. The van der Waals surface area contributed by atoms with Crippen LogP contribution in [0.25, 0.3) is 22.6 Å². The second-order valence-corrected chi connectivity index (χ2v) is 8.17. The van der Waals surface area contributed by atoms with E-state index in [1.54, 1.807) is 11.9 Å². The molecule has 150 valence electrons. The van der Waals surface area contributed by atoms with E-state index in [0.29, 0.717) is 11.0 Å². The number of carbonyl (C=O) groups is 1. The standard InChI is InChI=1S/C25H22N2O2S/c1-18(24(28)27(2)21-16-10-5-11-17-21)30-25-26-22(19-12-6-3-7-13-19)23(29-25)20-14-8-4-9-15-20/h3-18H,1-2H3/t18-/m0/s1. The normalized spacial score (nSPS) is 11.8. The second kappa shape index (κ2) is 9.01. The molecule has 4 rings (SSSR count). The Morgan fingerprint density at radius 1 is 0.867 bits per heavy atom. The number of hydrogen-bond donors (Lipinski definition) is 0. The molecule has 0 N–H and O–H groups in total. The van der Waals surface area contributed by atoms with E-state index in [0.717, 1.165) is 22.5 Å². The van der Waals surface area contributed by atoms with Crippen LogP contribution in [0.15, 0.2) is 101 Å². The molecule has 1 atom stereocenters.